The van der Waals surface area contributed by atoms with Gasteiger partial charge in [-0.25, -0.2) is 13.9 Å². The minimum Gasteiger partial charge on any atom is -0.464 e. The smallest absolute Gasteiger partial charge is 0.360 e. The molecule has 5 nitrogen and oxygen atoms in total. The molecule has 1 aromatic heterocycles. The molecule has 1 aromatic carbocycles. The van der Waals surface area contributed by atoms with Crippen molar-refractivity contribution >= 4 is 11.7 Å². The molecule has 0 radical (unpaired) electrons. The number of aromatic nitrogens is 2. The summed E-state index contributed by atoms with van der Waals surface area (Å²) in [5.74, 6) is -0.844. The molecule has 0 aliphatic heterocycles. The van der Waals surface area contributed by atoms with Crippen molar-refractivity contribution < 1.29 is 13.9 Å². The second kappa shape index (κ2) is 5.09. The molecule has 0 unspecified atom stereocenters. The third-order valence-corrected chi connectivity index (χ3v) is 2.82. The summed E-state index contributed by atoms with van der Waals surface area (Å²) in [6.07, 6.45) is 0. The largest absolute Gasteiger partial charge is 0.464 e. The van der Waals surface area contributed by atoms with Crippen LogP contribution in [-0.4, -0.2) is 29.9 Å². The van der Waals surface area contributed by atoms with Gasteiger partial charge in [-0.1, -0.05) is 0 Å². The number of carbonyl (C=O) groups is 1. The number of carbonyl (C=O) groups excluding carboxylic acids is 1. The Morgan fingerprint density at radius 3 is 2.53 bits per heavy atom. The van der Waals surface area contributed by atoms with E-state index in [2.05, 4.69) is 15.2 Å². The zero-order valence-corrected chi connectivity index (χ0v) is 10.9. The summed E-state index contributed by atoms with van der Waals surface area (Å²) in [5.41, 5.74) is 2.21. The zero-order chi connectivity index (χ0) is 14.0. The fourth-order valence-corrected chi connectivity index (χ4v) is 1.87. The lowest BCUT2D eigenvalue weighted by atomic mass is 10.3. The summed E-state index contributed by atoms with van der Waals surface area (Å²) < 4.78 is 19.2. The van der Waals surface area contributed by atoms with Gasteiger partial charge in [0.05, 0.1) is 24.2 Å². The first kappa shape index (κ1) is 13.1. The number of esters is 1. The normalized spacial score (nSPS) is 10.3. The number of nitrogens with zero attached hydrogens (tertiary/aromatic N) is 2. The maximum Gasteiger partial charge on any atom is 0.360 e. The first-order chi connectivity index (χ1) is 9.08. The van der Waals surface area contributed by atoms with Crippen molar-refractivity contribution in [3.8, 4) is 5.69 Å². The molecule has 0 fully saturated rings. The Bertz CT molecular complexity index is 605. The fraction of sp³-hybridized carbons (Fsp3) is 0.231. The van der Waals surface area contributed by atoms with Crippen molar-refractivity contribution in [3.05, 3.63) is 41.5 Å². The third kappa shape index (κ3) is 2.29. The highest BCUT2D eigenvalue weighted by molar-refractivity contribution is 5.94. The lowest BCUT2D eigenvalue weighted by molar-refractivity contribution is 0.0594. The van der Waals surface area contributed by atoms with E-state index >= 15 is 0 Å². The molecule has 0 aliphatic rings. The average molecular weight is 263 g/mol. The van der Waals surface area contributed by atoms with Crippen molar-refractivity contribution in [1.82, 2.24) is 9.78 Å². The van der Waals surface area contributed by atoms with E-state index in [9.17, 15) is 9.18 Å². The molecule has 0 bridgehead atoms. The standard InChI is InChI=1S/C13H14FN3O2/c1-8-11(15-2)12(13(18)19-3)16-17(8)10-6-4-9(14)5-7-10/h4-7,15H,1-3H3. The van der Waals surface area contributed by atoms with E-state index in [1.165, 1.54) is 19.2 Å². The van der Waals surface area contributed by atoms with Crippen molar-refractivity contribution in [2.75, 3.05) is 19.5 Å². The van der Waals surface area contributed by atoms with Crippen LogP contribution in [0, 0.1) is 12.7 Å². The molecule has 1 heterocycles. The number of ether oxygens (including phenoxy) is 1. The van der Waals surface area contributed by atoms with Gasteiger partial charge < -0.3 is 10.1 Å². The van der Waals surface area contributed by atoms with Crippen LogP contribution in [0.15, 0.2) is 24.3 Å². The minimum absolute atomic E-state index is 0.201. The van der Waals surface area contributed by atoms with Crippen LogP contribution in [0.1, 0.15) is 16.2 Å². The lowest BCUT2D eigenvalue weighted by Crippen LogP contribution is -2.06. The van der Waals surface area contributed by atoms with Crippen molar-refractivity contribution in [2.45, 2.75) is 6.92 Å². The van der Waals surface area contributed by atoms with Crippen LogP contribution in [-0.2, 0) is 4.74 Å². The summed E-state index contributed by atoms with van der Waals surface area (Å²) in [6, 6.07) is 5.87. The Hall–Kier alpha value is -2.37. The van der Waals surface area contributed by atoms with Crippen LogP contribution in [0.3, 0.4) is 0 Å². The summed E-state index contributed by atoms with van der Waals surface area (Å²) in [6.45, 7) is 1.81. The van der Waals surface area contributed by atoms with E-state index in [1.807, 2.05) is 6.92 Å². The molecule has 0 saturated heterocycles. The fourth-order valence-electron chi connectivity index (χ4n) is 1.87. The number of halogens is 1. The molecule has 0 saturated carbocycles. The van der Waals surface area contributed by atoms with E-state index in [0.717, 1.165) is 5.69 Å². The number of hydrogen-bond acceptors (Lipinski definition) is 4. The Morgan fingerprint density at radius 2 is 2.00 bits per heavy atom. The van der Waals surface area contributed by atoms with Crippen LogP contribution in [0.4, 0.5) is 10.1 Å². The lowest BCUT2D eigenvalue weighted by Gasteiger charge is -2.04. The second-order valence-electron chi connectivity index (χ2n) is 3.94. The monoisotopic (exact) mass is 263 g/mol. The Labute approximate surface area is 110 Å². The summed E-state index contributed by atoms with van der Waals surface area (Å²) in [5, 5.41) is 7.13. The maximum absolute atomic E-state index is 12.9. The van der Waals surface area contributed by atoms with Crippen LogP contribution >= 0.6 is 0 Å². The minimum atomic E-state index is -0.520. The van der Waals surface area contributed by atoms with E-state index in [-0.39, 0.29) is 11.5 Å². The highest BCUT2D eigenvalue weighted by Gasteiger charge is 2.21. The molecular formula is C13H14FN3O2. The highest BCUT2D eigenvalue weighted by atomic mass is 19.1. The highest BCUT2D eigenvalue weighted by Crippen LogP contribution is 2.23. The number of methoxy groups -OCH3 is 1. The predicted molar refractivity (Wildman–Crippen MR) is 69.1 cm³/mol. The van der Waals surface area contributed by atoms with Crippen LogP contribution in [0.5, 0.6) is 0 Å². The van der Waals surface area contributed by atoms with Gasteiger partial charge in [0.2, 0.25) is 0 Å². The van der Waals surface area contributed by atoms with Crippen molar-refractivity contribution in [2.24, 2.45) is 0 Å². The topological polar surface area (TPSA) is 56.1 Å². The first-order valence-corrected chi connectivity index (χ1v) is 5.70. The summed E-state index contributed by atoms with van der Waals surface area (Å²) in [7, 11) is 3.00. The number of rotatable bonds is 3. The second-order valence-corrected chi connectivity index (χ2v) is 3.94. The molecule has 0 amide bonds. The van der Waals surface area contributed by atoms with Crippen molar-refractivity contribution in [3.63, 3.8) is 0 Å². The van der Waals surface area contributed by atoms with Crippen LogP contribution < -0.4 is 5.32 Å². The Morgan fingerprint density at radius 1 is 1.37 bits per heavy atom. The Kier molecular flexibility index (Phi) is 3.50. The SMILES string of the molecule is CNc1c(C(=O)OC)nn(-c2ccc(F)cc2)c1C. The average Bonchev–Trinajstić information content (AvgIpc) is 2.76. The van der Waals surface area contributed by atoms with Crippen LogP contribution in [0.2, 0.25) is 0 Å². The molecule has 0 atom stereocenters. The van der Waals surface area contributed by atoms with Gasteiger partial charge in [-0.3, -0.25) is 0 Å². The van der Waals surface area contributed by atoms with Gasteiger partial charge in [-0.05, 0) is 31.2 Å². The Balaban J connectivity index is 2.55. The van der Waals surface area contributed by atoms with Crippen LogP contribution in [0.25, 0.3) is 5.69 Å². The molecule has 0 aliphatic carbocycles. The van der Waals surface area contributed by atoms with E-state index in [1.54, 1.807) is 23.9 Å². The van der Waals surface area contributed by atoms with E-state index in [4.69, 9.17) is 0 Å². The molecule has 19 heavy (non-hydrogen) atoms. The van der Waals surface area contributed by atoms with Gasteiger partial charge in [0.1, 0.15) is 5.82 Å². The zero-order valence-electron chi connectivity index (χ0n) is 10.9. The van der Waals surface area contributed by atoms with Gasteiger partial charge in [0.15, 0.2) is 5.69 Å². The number of nitrogens with one attached hydrogen (secondary N) is 1. The maximum atomic E-state index is 12.9. The summed E-state index contributed by atoms with van der Waals surface area (Å²) >= 11 is 0. The molecule has 2 aromatic rings. The number of benzene rings is 1. The predicted octanol–water partition coefficient (Wildman–Crippen LogP) is 2.15. The molecule has 1 N–H and O–H groups in total. The van der Waals surface area contributed by atoms with Gasteiger partial charge in [0.25, 0.3) is 0 Å². The first-order valence-electron chi connectivity index (χ1n) is 5.70. The summed E-state index contributed by atoms with van der Waals surface area (Å²) in [4.78, 5) is 11.6. The number of anilines is 1. The van der Waals surface area contributed by atoms with E-state index in [0.29, 0.717) is 11.4 Å². The van der Waals surface area contributed by atoms with Crippen molar-refractivity contribution in [1.29, 1.82) is 0 Å². The third-order valence-electron chi connectivity index (χ3n) is 2.82. The molecular weight excluding hydrogens is 249 g/mol. The molecule has 6 heteroatoms. The number of hydrogen-bond donors (Lipinski definition) is 1. The van der Waals surface area contributed by atoms with Gasteiger partial charge in [-0.2, -0.15) is 5.10 Å². The van der Waals surface area contributed by atoms with Gasteiger partial charge in [-0.15, -0.1) is 0 Å². The molecule has 0 spiro atoms. The molecule has 2 rings (SSSR count). The quantitative estimate of drug-likeness (QED) is 0.862. The van der Waals surface area contributed by atoms with Gasteiger partial charge in [0, 0.05) is 7.05 Å². The van der Waals surface area contributed by atoms with Gasteiger partial charge >= 0.3 is 5.97 Å². The van der Waals surface area contributed by atoms with E-state index < -0.39 is 5.97 Å². The molecule has 100 valence electrons.